The van der Waals surface area contributed by atoms with Gasteiger partial charge in [0.15, 0.2) is 0 Å². The minimum atomic E-state index is -0.225. The van der Waals surface area contributed by atoms with Gasteiger partial charge in [-0.1, -0.05) is 18.3 Å². The van der Waals surface area contributed by atoms with Crippen molar-refractivity contribution in [1.82, 2.24) is 10.2 Å². The lowest BCUT2D eigenvalue weighted by molar-refractivity contribution is -0.144. The fourth-order valence-electron chi connectivity index (χ4n) is 0.775. The Kier molecular flexibility index (Phi) is 3.63. The molecular formula is C7H11N3O2S. The number of hydrogen-bond donors (Lipinski definition) is 1. The van der Waals surface area contributed by atoms with E-state index in [1.54, 1.807) is 12.4 Å². The highest BCUT2D eigenvalue weighted by Gasteiger charge is 2.12. The fourth-order valence-corrected chi connectivity index (χ4v) is 1.23. The molecule has 0 aliphatic rings. The number of aromatic nitrogens is 2. The maximum Gasteiger partial charge on any atom is 0.310 e. The third-order valence-corrected chi connectivity index (χ3v) is 2.17. The fraction of sp³-hybridized carbons (Fsp3) is 0.571. The molecule has 0 spiro atoms. The molecule has 0 aliphatic heterocycles. The second-order valence-electron chi connectivity index (χ2n) is 2.55. The van der Waals surface area contributed by atoms with E-state index < -0.39 is 0 Å². The Morgan fingerprint density at radius 3 is 3.15 bits per heavy atom. The van der Waals surface area contributed by atoms with E-state index in [9.17, 15) is 4.79 Å². The van der Waals surface area contributed by atoms with E-state index in [4.69, 9.17) is 0 Å². The highest BCUT2D eigenvalue weighted by Crippen LogP contribution is 2.09. The predicted octanol–water partition coefficient (Wildman–Crippen LogP) is 0.759. The maximum atomic E-state index is 11.0. The molecule has 0 aromatic carbocycles. The highest BCUT2D eigenvalue weighted by atomic mass is 32.1. The van der Waals surface area contributed by atoms with Gasteiger partial charge in [-0.3, -0.25) is 4.79 Å². The Morgan fingerprint density at radius 2 is 2.62 bits per heavy atom. The normalized spacial score (nSPS) is 12.2. The third-order valence-electron chi connectivity index (χ3n) is 1.52. The zero-order valence-electron chi connectivity index (χ0n) is 7.48. The molecule has 1 unspecified atom stereocenters. The smallest absolute Gasteiger partial charge is 0.310 e. The van der Waals surface area contributed by atoms with Gasteiger partial charge in [-0.25, -0.2) is 0 Å². The second kappa shape index (κ2) is 4.76. The van der Waals surface area contributed by atoms with Crippen LogP contribution in [0.1, 0.15) is 6.92 Å². The summed E-state index contributed by atoms with van der Waals surface area (Å²) in [5, 5.41) is 11.1. The Bertz CT molecular complexity index is 263. The number of rotatable bonds is 4. The quantitative estimate of drug-likeness (QED) is 0.728. The van der Waals surface area contributed by atoms with E-state index in [0.29, 0.717) is 6.54 Å². The van der Waals surface area contributed by atoms with Crippen molar-refractivity contribution < 1.29 is 9.53 Å². The molecule has 1 aromatic heterocycles. The lowest BCUT2D eigenvalue weighted by Gasteiger charge is -2.08. The summed E-state index contributed by atoms with van der Waals surface area (Å²) in [7, 11) is 1.38. The van der Waals surface area contributed by atoms with Crippen LogP contribution in [0.15, 0.2) is 5.51 Å². The number of hydrogen-bond acceptors (Lipinski definition) is 6. The van der Waals surface area contributed by atoms with Crippen LogP contribution in [0.3, 0.4) is 0 Å². The van der Waals surface area contributed by atoms with Crippen LogP contribution in [0.4, 0.5) is 5.13 Å². The number of carbonyl (C=O) groups excluding carboxylic acids is 1. The first-order valence-electron chi connectivity index (χ1n) is 3.82. The van der Waals surface area contributed by atoms with Gasteiger partial charge in [-0.15, -0.1) is 10.2 Å². The first-order valence-corrected chi connectivity index (χ1v) is 4.70. The van der Waals surface area contributed by atoms with Gasteiger partial charge in [0.2, 0.25) is 5.13 Å². The monoisotopic (exact) mass is 201 g/mol. The van der Waals surface area contributed by atoms with Gasteiger partial charge in [-0.05, 0) is 0 Å². The molecule has 0 saturated heterocycles. The van der Waals surface area contributed by atoms with Crippen LogP contribution in [-0.2, 0) is 9.53 Å². The standard InChI is InChI=1S/C7H11N3O2S/c1-5(6(11)12-2)3-8-7-10-9-4-13-7/h4-5H,3H2,1-2H3,(H,8,10). The van der Waals surface area contributed by atoms with Crippen molar-refractivity contribution in [3.8, 4) is 0 Å². The molecule has 6 heteroatoms. The van der Waals surface area contributed by atoms with E-state index in [2.05, 4.69) is 20.3 Å². The summed E-state index contributed by atoms with van der Waals surface area (Å²) < 4.78 is 4.57. The van der Waals surface area contributed by atoms with Gasteiger partial charge in [0, 0.05) is 6.54 Å². The largest absolute Gasteiger partial charge is 0.469 e. The molecule has 1 atom stereocenters. The van der Waals surface area contributed by atoms with Crippen molar-refractivity contribution in [2.45, 2.75) is 6.92 Å². The minimum Gasteiger partial charge on any atom is -0.469 e. The highest BCUT2D eigenvalue weighted by molar-refractivity contribution is 7.13. The van der Waals surface area contributed by atoms with Crippen molar-refractivity contribution in [3.63, 3.8) is 0 Å². The Balaban J connectivity index is 2.30. The summed E-state index contributed by atoms with van der Waals surface area (Å²) in [4.78, 5) is 11.0. The van der Waals surface area contributed by atoms with Crippen molar-refractivity contribution >= 4 is 22.4 Å². The molecule has 72 valence electrons. The average molecular weight is 201 g/mol. The van der Waals surface area contributed by atoms with Crippen LogP contribution in [-0.4, -0.2) is 29.8 Å². The van der Waals surface area contributed by atoms with Crippen LogP contribution in [0.25, 0.3) is 0 Å². The Morgan fingerprint density at radius 1 is 1.85 bits per heavy atom. The molecule has 0 aliphatic carbocycles. The van der Waals surface area contributed by atoms with Crippen molar-refractivity contribution in [1.29, 1.82) is 0 Å². The number of anilines is 1. The molecule has 1 N–H and O–H groups in total. The molecule has 1 rings (SSSR count). The number of carbonyl (C=O) groups is 1. The van der Waals surface area contributed by atoms with Crippen molar-refractivity contribution in [3.05, 3.63) is 5.51 Å². The molecular weight excluding hydrogens is 190 g/mol. The summed E-state index contributed by atoms with van der Waals surface area (Å²) in [5.41, 5.74) is 1.63. The number of esters is 1. The number of ether oxygens (including phenoxy) is 1. The molecule has 0 bridgehead atoms. The van der Waals surface area contributed by atoms with E-state index in [0.717, 1.165) is 5.13 Å². The third kappa shape index (κ3) is 2.98. The van der Waals surface area contributed by atoms with E-state index in [-0.39, 0.29) is 11.9 Å². The molecule has 0 radical (unpaired) electrons. The summed E-state index contributed by atoms with van der Waals surface area (Å²) in [6.07, 6.45) is 0. The van der Waals surface area contributed by atoms with Crippen molar-refractivity contribution in [2.24, 2.45) is 5.92 Å². The molecule has 1 heterocycles. The van der Waals surface area contributed by atoms with Gasteiger partial charge < -0.3 is 10.1 Å². The van der Waals surface area contributed by atoms with E-state index in [1.165, 1.54) is 18.4 Å². The average Bonchev–Trinajstić information content (AvgIpc) is 2.65. The van der Waals surface area contributed by atoms with Crippen LogP contribution in [0.5, 0.6) is 0 Å². The summed E-state index contributed by atoms with van der Waals surface area (Å²) >= 11 is 1.40. The van der Waals surface area contributed by atoms with Gasteiger partial charge in [0.25, 0.3) is 0 Å². The van der Waals surface area contributed by atoms with Gasteiger partial charge in [0.1, 0.15) is 5.51 Å². The lowest BCUT2D eigenvalue weighted by atomic mass is 10.2. The minimum absolute atomic E-state index is 0.172. The Hall–Kier alpha value is -1.17. The number of nitrogens with zero attached hydrogens (tertiary/aromatic N) is 2. The van der Waals surface area contributed by atoms with Crippen LogP contribution in [0, 0.1) is 5.92 Å². The first kappa shape index (κ1) is 9.91. The van der Waals surface area contributed by atoms with Crippen LogP contribution in [0.2, 0.25) is 0 Å². The molecule has 0 fully saturated rings. The van der Waals surface area contributed by atoms with Crippen molar-refractivity contribution in [2.75, 3.05) is 19.0 Å². The Labute approximate surface area is 80.1 Å². The lowest BCUT2D eigenvalue weighted by Crippen LogP contribution is -2.21. The SMILES string of the molecule is COC(=O)C(C)CNc1nncs1. The number of nitrogens with one attached hydrogen (secondary N) is 1. The zero-order valence-corrected chi connectivity index (χ0v) is 8.30. The van der Waals surface area contributed by atoms with Gasteiger partial charge in [0.05, 0.1) is 13.0 Å². The van der Waals surface area contributed by atoms with Crippen LogP contribution < -0.4 is 5.32 Å². The molecule has 1 aromatic rings. The molecule has 5 nitrogen and oxygen atoms in total. The topological polar surface area (TPSA) is 64.1 Å². The first-order chi connectivity index (χ1) is 6.24. The zero-order chi connectivity index (χ0) is 9.68. The summed E-state index contributed by atoms with van der Waals surface area (Å²) in [5.74, 6) is -0.397. The predicted molar refractivity (Wildman–Crippen MR) is 49.6 cm³/mol. The number of methoxy groups -OCH3 is 1. The van der Waals surface area contributed by atoms with Gasteiger partial charge in [-0.2, -0.15) is 0 Å². The maximum absolute atomic E-state index is 11.0. The summed E-state index contributed by atoms with van der Waals surface area (Å²) in [6, 6.07) is 0. The van der Waals surface area contributed by atoms with Crippen LogP contribution >= 0.6 is 11.3 Å². The molecule has 13 heavy (non-hydrogen) atoms. The van der Waals surface area contributed by atoms with Gasteiger partial charge >= 0.3 is 5.97 Å². The van der Waals surface area contributed by atoms with E-state index >= 15 is 0 Å². The second-order valence-corrected chi connectivity index (χ2v) is 3.38. The molecule has 0 saturated carbocycles. The summed E-state index contributed by atoms with van der Waals surface area (Å²) in [6.45, 7) is 2.31. The molecule has 0 amide bonds. The van der Waals surface area contributed by atoms with E-state index in [1.807, 2.05) is 0 Å².